The van der Waals surface area contributed by atoms with Gasteiger partial charge in [-0.2, -0.15) is 9.97 Å². The van der Waals surface area contributed by atoms with Crippen LogP contribution in [0.25, 0.3) is 11.0 Å². The second kappa shape index (κ2) is 7.80. The van der Waals surface area contributed by atoms with E-state index in [9.17, 15) is 5.11 Å². The predicted octanol–water partition coefficient (Wildman–Crippen LogP) is 3.20. The number of nitrogens with zero attached hydrogens (tertiary/aromatic N) is 6. The van der Waals surface area contributed by atoms with Crippen LogP contribution in [0.5, 0.6) is 0 Å². The Morgan fingerprint density at radius 1 is 1.37 bits per heavy atom. The van der Waals surface area contributed by atoms with E-state index in [0.29, 0.717) is 30.3 Å². The number of nitrogens with one attached hydrogen (secondary N) is 2. The van der Waals surface area contributed by atoms with Crippen LogP contribution >= 0.6 is 30.3 Å². The molecule has 1 fully saturated rings. The number of hydrogen-bond acceptors (Lipinski definition) is 8. The van der Waals surface area contributed by atoms with E-state index in [1.54, 1.807) is 26.9 Å². The first kappa shape index (κ1) is 18.7. The van der Waals surface area contributed by atoms with Crippen LogP contribution in [-0.4, -0.2) is 46.2 Å². The fourth-order valence-corrected chi connectivity index (χ4v) is 4.24. The Balaban J connectivity index is 1.64. The van der Waals surface area contributed by atoms with Gasteiger partial charge in [-0.15, -0.1) is 5.10 Å². The maximum atomic E-state index is 9.48. The molecule has 0 bridgehead atoms. The molecule has 4 rings (SSSR count). The van der Waals surface area contributed by atoms with Crippen molar-refractivity contribution in [3.8, 4) is 0 Å². The van der Waals surface area contributed by atoms with Crippen molar-refractivity contribution in [2.75, 3.05) is 10.6 Å². The second-order valence-corrected chi connectivity index (χ2v) is 8.63. The summed E-state index contributed by atoms with van der Waals surface area (Å²) in [5, 5.41) is 25.2. The molecule has 3 aromatic heterocycles. The van der Waals surface area contributed by atoms with Gasteiger partial charge < -0.3 is 15.7 Å². The molecule has 1 aliphatic carbocycles. The zero-order valence-electron chi connectivity index (χ0n) is 15.0. The summed E-state index contributed by atoms with van der Waals surface area (Å²) in [5.74, 6) is 2.54. The van der Waals surface area contributed by atoms with Gasteiger partial charge in [0.15, 0.2) is 11.5 Å². The monoisotopic (exact) mass is 500 g/mol. The minimum absolute atomic E-state index is 0.374. The molecule has 0 aromatic carbocycles. The highest BCUT2D eigenvalue weighted by molar-refractivity contribution is 14.2. The maximum absolute atomic E-state index is 9.48. The van der Waals surface area contributed by atoms with Crippen LogP contribution in [0.2, 0.25) is 0 Å². The Labute approximate surface area is 173 Å². The van der Waals surface area contributed by atoms with Crippen molar-refractivity contribution in [1.29, 1.82) is 0 Å². The molecule has 0 aliphatic heterocycles. The van der Waals surface area contributed by atoms with Crippen LogP contribution in [0.1, 0.15) is 26.7 Å². The van der Waals surface area contributed by atoms with Crippen molar-refractivity contribution >= 4 is 58.9 Å². The van der Waals surface area contributed by atoms with E-state index in [4.69, 9.17) is 0 Å². The first-order valence-corrected chi connectivity index (χ1v) is 12.1. The van der Waals surface area contributed by atoms with Gasteiger partial charge in [0.2, 0.25) is 5.95 Å². The summed E-state index contributed by atoms with van der Waals surface area (Å²) >= 11 is 2.23. The molecule has 2 atom stereocenters. The highest BCUT2D eigenvalue weighted by Crippen LogP contribution is 2.35. The molecule has 0 amide bonds. The molecule has 0 saturated heterocycles. The summed E-state index contributed by atoms with van der Waals surface area (Å²) in [6.07, 6.45) is 5.77. The summed E-state index contributed by atoms with van der Waals surface area (Å²) < 4.78 is 3.59. The minimum Gasteiger partial charge on any atom is -0.391 e. The Kier molecular flexibility index (Phi) is 5.41. The van der Waals surface area contributed by atoms with Crippen molar-refractivity contribution in [1.82, 2.24) is 28.9 Å². The number of aromatic nitrogens is 6. The summed E-state index contributed by atoms with van der Waals surface area (Å²) in [6, 6.07) is 2.41. The number of hydrogen-bond donors (Lipinski definition) is 3. The van der Waals surface area contributed by atoms with E-state index in [0.717, 1.165) is 16.9 Å². The topological polar surface area (TPSA) is 106 Å². The highest BCUT2D eigenvalue weighted by atomic mass is 127. The molecule has 0 spiro atoms. The van der Waals surface area contributed by atoms with Crippen molar-refractivity contribution in [3.63, 3.8) is 0 Å². The van der Waals surface area contributed by atoms with Crippen LogP contribution < -0.4 is 10.6 Å². The lowest BCUT2D eigenvalue weighted by atomic mass is 10.2. The average molecular weight is 500 g/mol. The molecular formula is C16H21IN8OS. The lowest BCUT2D eigenvalue weighted by Gasteiger charge is -2.15. The normalized spacial score (nSPS) is 16.4. The predicted molar refractivity (Wildman–Crippen MR) is 115 cm³/mol. The van der Waals surface area contributed by atoms with E-state index in [-0.39, 0.29) is 0 Å². The van der Waals surface area contributed by atoms with Crippen LogP contribution in [0.4, 0.5) is 17.6 Å². The first-order chi connectivity index (χ1) is 13.0. The Morgan fingerprint density at radius 2 is 2.19 bits per heavy atom. The molecule has 3 heterocycles. The summed E-state index contributed by atoms with van der Waals surface area (Å²) in [6.45, 7) is 4.29. The number of halogens is 1. The van der Waals surface area contributed by atoms with Gasteiger partial charge in [-0.3, -0.25) is 3.97 Å². The van der Waals surface area contributed by atoms with Gasteiger partial charge in [0.05, 0.1) is 24.2 Å². The minimum atomic E-state index is -0.490. The van der Waals surface area contributed by atoms with Crippen molar-refractivity contribution in [2.24, 2.45) is 5.92 Å². The zero-order valence-corrected chi connectivity index (χ0v) is 18.0. The standard InChI is InChI=1S/C16H21IN8OS/c1-9(26)7-24-8-13(22-23-24)19-16-20-14(18-10(2)11-3-4-11)12-5-6-25(27-17)15(12)21-16/h5-6,8-11,26H,3-4,7H2,1-2H3,(H2,18,19,20,21)/t9?,10-/m0/s1. The third-order valence-electron chi connectivity index (χ3n) is 4.51. The molecule has 3 N–H and O–H groups in total. The third kappa shape index (κ3) is 4.29. The summed E-state index contributed by atoms with van der Waals surface area (Å²) in [5.41, 5.74) is 0.841. The quantitative estimate of drug-likeness (QED) is 0.405. The number of rotatable bonds is 8. The van der Waals surface area contributed by atoms with E-state index in [1.165, 1.54) is 12.8 Å². The molecule has 27 heavy (non-hydrogen) atoms. The van der Waals surface area contributed by atoms with Gasteiger partial charge in [-0.05, 0) is 38.7 Å². The molecular weight excluding hydrogens is 479 g/mol. The van der Waals surface area contributed by atoms with E-state index >= 15 is 0 Å². The molecule has 144 valence electrons. The number of anilines is 3. The lowest BCUT2D eigenvalue weighted by molar-refractivity contribution is 0.167. The molecule has 11 heteroatoms. The molecule has 1 saturated carbocycles. The van der Waals surface area contributed by atoms with Gasteiger partial charge in [0.25, 0.3) is 0 Å². The van der Waals surface area contributed by atoms with Gasteiger partial charge >= 0.3 is 0 Å². The number of fused-ring (bicyclic) bond motifs is 1. The molecule has 1 aliphatic rings. The SMILES string of the molecule is CC(O)Cn1cc(Nc2nc(N[C@@H](C)C3CC3)c3ccn(SI)c3n2)nn1. The first-order valence-electron chi connectivity index (χ1n) is 8.83. The van der Waals surface area contributed by atoms with Crippen molar-refractivity contribution < 1.29 is 5.11 Å². The summed E-state index contributed by atoms with van der Waals surface area (Å²) in [7, 11) is 1.56. The van der Waals surface area contributed by atoms with E-state index in [1.807, 2.05) is 16.2 Å². The maximum Gasteiger partial charge on any atom is 0.232 e. The summed E-state index contributed by atoms with van der Waals surface area (Å²) in [4.78, 5) is 9.33. The Bertz CT molecular complexity index is 938. The fourth-order valence-electron chi connectivity index (χ4n) is 2.97. The van der Waals surface area contributed by atoms with Crippen LogP contribution in [0.3, 0.4) is 0 Å². The average Bonchev–Trinajstić information content (AvgIpc) is 3.26. The van der Waals surface area contributed by atoms with E-state index in [2.05, 4.69) is 59.0 Å². The lowest BCUT2D eigenvalue weighted by Crippen LogP contribution is -2.18. The number of aliphatic hydroxyl groups excluding tert-OH is 1. The van der Waals surface area contributed by atoms with Gasteiger partial charge in [-0.25, -0.2) is 4.68 Å². The zero-order chi connectivity index (χ0) is 19.0. The van der Waals surface area contributed by atoms with Crippen LogP contribution in [0.15, 0.2) is 18.5 Å². The fraction of sp³-hybridized carbons (Fsp3) is 0.500. The van der Waals surface area contributed by atoms with Gasteiger partial charge in [-0.1, -0.05) is 5.21 Å². The van der Waals surface area contributed by atoms with Gasteiger partial charge in [0.1, 0.15) is 5.82 Å². The van der Waals surface area contributed by atoms with Crippen molar-refractivity contribution in [2.45, 2.75) is 45.4 Å². The van der Waals surface area contributed by atoms with Gasteiger partial charge in [0, 0.05) is 42.6 Å². The Hall–Kier alpha value is -1.60. The van der Waals surface area contributed by atoms with E-state index < -0.39 is 6.10 Å². The highest BCUT2D eigenvalue weighted by Gasteiger charge is 2.28. The smallest absolute Gasteiger partial charge is 0.232 e. The van der Waals surface area contributed by atoms with Crippen LogP contribution in [0, 0.1) is 5.92 Å². The largest absolute Gasteiger partial charge is 0.391 e. The van der Waals surface area contributed by atoms with Crippen molar-refractivity contribution in [3.05, 3.63) is 18.5 Å². The van der Waals surface area contributed by atoms with Crippen LogP contribution in [-0.2, 0) is 6.54 Å². The second-order valence-electron chi connectivity index (χ2n) is 6.91. The Morgan fingerprint density at radius 3 is 2.89 bits per heavy atom. The molecule has 3 aromatic rings. The third-order valence-corrected chi connectivity index (χ3v) is 6.22. The molecule has 0 radical (unpaired) electrons. The molecule has 9 nitrogen and oxygen atoms in total. The number of aliphatic hydroxyl groups is 1. The molecule has 1 unspecified atom stereocenters.